The van der Waals surface area contributed by atoms with Gasteiger partial charge in [-0.1, -0.05) is 102 Å². The van der Waals surface area contributed by atoms with Gasteiger partial charge in [-0.15, -0.1) is 0 Å². The number of thioether (sulfide) groups is 1. The number of phenols is 1. The van der Waals surface area contributed by atoms with Crippen LogP contribution in [-0.2, 0) is 12.0 Å². The predicted octanol–water partition coefficient (Wildman–Crippen LogP) is 8.51. The molecule has 38 heavy (non-hydrogen) atoms. The van der Waals surface area contributed by atoms with E-state index in [1.165, 1.54) is 11.1 Å². The van der Waals surface area contributed by atoms with E-state index in [9.17, 15) is 5.11 Å². The summed E-state index contributed by atoms with van der Waals surface area (Å²) in [4.78, 5) is 10.2. The lowest BCUT2D eigenvalue weighted by molar-refractivity contribution is 0.0863. The maximum Gasteiger partial charge on any atom is 0.219 e. The van der Waals surface area contributed by atoms with Gasteiger partial charge in [0.25, 0.3) is 0 Å². The molecule has 0 saturated heterocycles. The van der Waals surface area contributed by atoms with Crippen LogP contribution in [0.3, 0.4) is 0 Å². The summed E-state index contributed by atoms with van der Waals surface area (Å²) in [6, 6.07) is 26.2. The molecule has 1 aromatic heterocycles. The first kappa shape index (κ1) is 25.0. The van der Waals surface area contributed by atoms with Gasteiger partial charge < -0.3 is 9.84 Å². The number of pyridine rings is 1. The van der Waals surface area contributed by atoms with E-state index >= 15 is 0 Å². The third-order valence-electron chi connectivity index (χ3n) is 8.24. The van der Waals surface area contributed by atoms with Crippen LogP contribution in [0.25, 0.3) is 10.9 Å². The zero-order valence-electron chi connectivity index (χ0n) is 22.9. The van der Waals surface area contributed by atoms with Crippen molar-refractivity contribution in [3.8, 4) is 17.4 Å². The Morgan fingerprint density at radius 2 is 1.61 bits per heavy atom. The lowest BCUT2D eigenvalue weighted by atomic mass is 9.58. The molecule has 2 aliphatic rings. The minimum atomic E-state index is -0.358. The lowest BCUT2D eigenvalue weighted by Crippen LogP contribution is -2.57. The average molecular weight is 523 g/mol. The average Bonchev–Trinajstić information content (AvgIpc) is 3.36. The van der Waals surface area contributed by atoms with Crippen molar-refractivity contribution >= 4 is 27.7 Å². The van der Waals surface area contributed by atoms with Crippen molar-refractivity contribution in [1.82, 2.24) is 4.98 Å². The summed E-state index contributed by atoms with van der Waals surface area (Å²) in [6.45, 7) is 14.1. The number of para-hydroxylation sites is 1. The highest BCUT2D eigenvalue weighted by Crippen LogP contribution is 2.71. The molecule has 0 spiro atoms. The van der Waals surface area contributed by atoms with Crippen molar-refractivity contribution in [2.75, 3.05) is 0 Å². The molecule has 2 atom stereocenters. The van der Waals surface area contributed by atoms with Crippen molar-refractivity contribution in [3.05, 3.63) is 95.6 Å². The van der Waals surface area contributed by atoms with Gasteiger partial charge in [0, 0.05) is 17.0 Å². The van der Waals surface area contributed by atoms with Crippen molar-refractivity contribution in [2.24, 2.45) is 15.8 Å². The van der Waals surface area contributed by atoms with Crippen LogP contribution in [0.5, 0.6) is 17.4 Å². The van der Waals surface area contributed by atoms with E-state index in [1.807, 2.05) is 48.2 Å². The molecular weight excluding hydrogens is 488 g/mol. The normalized spacial score (nSPS) is 22.7. The SMILES string of the molecule is CC(C)(C)[C@@]12Cc3ccccc3[C@]1(C(C)(C)C)N=C(c1cccc(Oc3ccc4cccc(O)c4n3)c1)S2. The Hall–Kier alpha value is -3.31. The van der Waals surface area contributed by atoms with Crippen molar-refractivity contribution < 1.29 is 9.84 Å². The van der Waals surface area contributed by atoms with Crippen LogP contribution in [0.4, 0.5) is 0 Å². The molecule has 194 valence electrons. The largest absolute Gasteiger partial charge is 0.506 e. The van der Waals surface area contributed by atoms with E-state index in [2.05, 4.69) is 82.9 Å². The highest BCUT2D eigenvalue weighted by Gasteiger charge is 2.70. The number of fused-ring (bicyclic) bond motifs is 4. The topological polar surface area (TPSA) is 54.7 Å². The molecule has 0 saturated carbocycles. The molecule has 0 amide bonds. The van der Waals surface area contributed by atoms with E-state index in [1.54, 1.807) is 6.07 Å². The second kappa shape index (κ2) is 8.34. The molecule has 0 radical (unpaired) electrons. The number of aromatic nitrogens is 1. The smallest absolute Gasteiger partial charge is 0.219 e. The van der Waals surface area contributed by atoms with Crippen LogP contribution in [0, 0.1) is 10.8 Å². The van der Waals surface area contributed by atoms with Crippen LogP contribution < -0.4 is 4.74 Å². The molecule has 2 heterocycles. The number of phenolic OH excluding ortho intramolecular Hbond substituents is 1. The van der Waals surface area contributed by atoms with Crippen LogP contribution in [0.2, 0.25) is 0 Å². The zero-order chi connectivity index (χ0) is 26.9. The third kappa shape index (κ3) is 3.51. The molecule has 6 rings (SSSR count). The van der Waals surface area contributed by atoms with E-state index in [-0.39, 0.29) is 26.9 Å². The predicted molar refractivity (Wildman–Crippen MR) is 158 cm³/mol. The summed E-state index contributed by atoms with van der Waals surface area (Å²) in [7, 11) is 0. The molecular formula is C33H34N2O2S. The van der Waals surface area contributed by atoms with Gasteiger partial charge in [-0.05, 0) is 52.6 Å². The van der Waals surface area contributed by atoms with E-state index in [4.69, 9.17) is 9.73 Å². The molecule has 4 aromatic rings. The quantitative estimate of drug-likeness (QED) is 0.293. The standard InChI is InChI=1S/C33H34N2O2S/c1-30(2,3)32-20-23-11-7-8-15-25(23)33(32,31(4,5)6)35-29(38-32)22-13-9-14-24(19-22)37-27-18-17-21-12-10-16-26(36)28(21)34-27/h7-19,36H,20H2,1-6H3/t32-,33+/m0/s1. The van der Waals surface area contributed by atoms with Gasteiger partial charge in [-0.2, -0.15) is 0 Å². The van der Waals surface area contributed by atoms with Crippen LogP contribution in [-0.4, -0.2) is 19.9 Å². The highest BCUT2D eigenvalue weighted by molar-refractivity contribution is 8.16. The molecule has 0 fully saturated rings. The summed E-state index contributed by atoms with van der Waals surface area (Å²) >= 11 is 1.94. The maximum atomic E-state index is 10.2. The minimum Gasteiger partial charge on any atom is -0.506 e. The van der Waals surface area contributed by atoms with Gasteiger partial charge in [0.15, 0.2) is 0 Å². The maximum absolute atomic E-state index is 10.2. The number of ether oxygens (including phenoxy) is 1. The number of hydrogen-bond donors (Lipinski definition) is 1. The third-order valence-corrected chi connectivity index (χ3v) is 10.2. The number of aromatic hydroxyl groups is 1. The Morgan fingerprint density at radius 1 is 0.842 bits per heavy atom. The Kier molecular flexibility index (Phi) is 5.49. The monoisotopic (exact) mass is 522 g/mol. The van der Waals surface area contributed by atoms with Crippen LogP contribution in [0.1, 0.15) is 58.2 Å². The van der Waals surface area contributed by atoms with Crippen molar-refractivity contribution in [3.63, 3.8) is 0 Å². The van der Waals surface area contributed by atoms with E-state index in [0.717, 1.165) is 22.4 Å². The highest BCUT2D eigenvalue weighted by atomic mass is 32.2. The second-order valence-corrected chi connectivity index (χ2v) is 13.8. The van der Waals surface area contributed by atoms with E-state index < -0.39 is 0 Å². The Balaban J connectivity index is 1.44. The Bertz CT molecular complexity index is 1600. The fourth-order valence-corrected chi connectivity index (χ4v) is 8.39. The first-order valence-corrected chi connectivity index (χ1v) is 14.0. The summed E-state index contributed by atoms with van der Waals surface area (Å²) in [5.41, 5.74) is 3.90. The molecule has 5 heteroatoms. The second-order valence-electron chi connectivity index (χ2n) is 12.5. The summed E-state index contributed by atoms with van der Waals surface area (Å²) < 4.78 is 6.07. The summed E-state index contributed by atoms with van der Waals surface area (Å²) in [5, 5.41) is 12.2. The molecule has 3 aromatic carbocycles. The summed E-state index contributed by atoms with van der Waals surface area (Å²) in [6.07, 6.45) is 0.988. The molecule has 1 N–H and O–H groups in total. The first-order valence-electron chi connectivity index (χ1n) is 13.2. The number of aliphatic imine (C=N–C) groups is 1. The van der Waals surface area contributed by atoms with Crippen LogP contribution in [0.15, 0.2) is 83.9 Å². The van der Waals surface area contributed by atoms with Gasteiger partial charge in [-0.3, -0.25) is 4.99 Å². The fourth-order valence-electron chi connectivity index (χ4n) is 6.49. The van der Waals surface area contributed by atoms with Gasteiger partial charge in [0.2, 0.25) is 5.88 Å². The molecule has 4 nitrogen and oxygen atoms in total. The molecule has 0 bridgehead atoms. The van der Waals surface area contributed by atoms with Gasteiger partial charge in [-0.25, -0.2) is 4.98 Å². The lowest BCUT2D eigenvalue weighted by Gasteiger charge is -2.53. The Labute approximate surface area is 229 Å². The minimum absolute atomic E-state index is 0.000341. The fraction of sp³-hybridized carbons (Fsp3) is 0.333. The number of benzene rings is 3. The number of rotatable bonds is 3. The number of hydrogen-bond acceptors (Lipinski definition) is 5. The van der Waals surface area contributed by atoms with Gasteiger partial charge in [0.05, 0.1) is 9.79 Å². The summed E-state index contributed by atoms with van der Waals surface area (Å²) in [5.74, 6) is 1.28. The number of nitrogens with zero attached hydrogens (tertiary/aromatic N) is 2. The van der Waals surface area contributed by atoms with Crippen LogP contribution >= 0.6 is 11.8 Å². The zero-order valence-corrected chi connectivity index (χ0v) is 23.7. The van der Waals surface area contributed by atoms with Crippen molar-refractivity contribution in [1.29, 1.82) is 0 Å². The molecule has 0 unspecified atom stereocenters. The van der Waals surface area contributed by atoms with Gasteiger partial charge >= 0.3 is 0 Å². The first-order chi connectivity index (χ1) is 18.0. The van der Waals surface area contributed by atoms with Gasteiger partial charge in [0.1, 0.15) is 22.6 Å². The van der Waals surface area contributed by atoms with E-state index in [0.29, 0.717) is 17.1 Å². The van der Waals surface area contributed by atoms with Crippen molar-refractivity contribution in [2.45, 2.75) is 58.2 Å². The Morgan fingerprint density at radius 3 is 2.37 bits per heavy atom. The molecule has 1 aliphatic carbocycles. The molecule has 1 aliphatic heterocycles.